The van der Waals surface area contributed by atoms with Gasteiger partial charge in [-0.2, -0.15) is 4.98 Å². The van der Waals surface area contributed by atoms with Crippen LogP contribution in [-0.4, -0.2) is 23.2 Å². The van der Waals surface area contributed by atoms with Gasteiger partial charge in [0.05, 0.1) is 6.61 Å². The van der Waals surface area contributed by atoms with Gasteiger partial charge in [-0.3, -0.25) is 0 Å². The summed E-state index contributed by atoms with van der Waals surface area (Å²) in [5.74, 6) is 0. The lowest BCUT2D eigenvalue weighted by atomic mass is 9.74. The van der Waals surface area contributed by atoms with E-state index < -0.39 is 0 Å². The molecule has 0 radical (unpaired) electrons. The largest absolute Gasteiger partial charge is 0.432 e. The molecule has 0 atom stereocenters. The molecule has 1 aliphatic heterocycles. The molecule has 1 saturated heterocycles. The van der Waals surface area contributed by atoms with Crippen molar-refractivity contribution in [1.29, 1.82) is 0 Å². The standard InChI is InChI=1S/C13H22N2O2/c1-3-13(4-2)5-7-15(8-6-13)12-14-11(9-16)10-17-12/h10,16H,3-9H2,1-2H3. The summed E-state index contributed by atoms with van der Waals surface area (Å²) in [6.07, 6.45) is 6.46. The van der Waals surface area contributed by atoms with E-state index in [1.807, 2.05) is 0 Å². The zero-order valence-corrected chi connectivity index (χ0v) is 10.8. The van der Waals surface area contributed by atoms with E-state index in [4.69, 9.17) is 9.52 Å². The minimum absolute atomic E-state index is 0.0504. The fourth-order valence-corrected chi connectivity index (χ4v) is 2.64. The summed E-state index contributed by atoms with van der Waals surface area (Å²) in [5.41, 5.74) is 1.13. The molecule has 1 aromatic heterocycles. The van der Waals surface area contributed by atoms with Crippen LogP contribution in [-0.2, 0) is 6.61 Å². The van der Waals surface area contributed by atoms with Gasteiger partial charge in [0, 0.05) is 13.1 Å². The summed E-state index contributed by atoms with van der Waals surface area (Å²) in [6.45, 7) is 6.54. The van der Waals surface area contributed by atoms with Crippen LogP contribution in [0.3, 0.4) is 0 Å². The van der Waals surface area contributed by atoms with E-state index in [2.05, 4.69) is 23.7 Å². The lowest BCUT2D eigenvalue weighted by molar-refractivity contribution is 0.196. The first-order valence-electron chi connectivity index (χ1n) is 6.53. The highest BCUT2D eigenvalue weighted by Crippen LogP contribution is 2.38. The molecule has 2 heterocycles. The molecular formula is C13H22N2O2. The van der Waals surface area contributed by atoms with E-state index >= 15 is 0 Å². The fraction of sp³-hybridized carbons (Fsp3) is 0.769. The molecule has 4 heteroatoms. The Balaban J connectivity index is 1.99. The third kappa shape index (κ3) is 2.46. The Morgan fingerprint density at radius 1 is 1.35 bits per heavy atom. The molecule has 96 valence electrons. The number of aromatic nitrogens is 1. The SMILES string of the molecule is CCC1(CC)CCN(c2nc(CO)co2)CC1. The first kappa shape index (κ1) is 12.4. The van der Waals surface area contributed by atoms with Crippen LogP contribution in [0.2, 0.25) is 0 Å². The highest BCUT2D eigenvalue weighted by atomic mass is 16.4. The Kier molecular flexibility index (Phi) is 3.72. The van der Waals surface area contributed by atoms with Crippen LogP contribution in [0.25, 0.3) is 0 Å². The summed E-state index contributed by atoms with van der Waals surface area (Å²) < 4.78 is 5.39. The molecular weight excluding hydrogens is 216 g/mol. The van der Waals surface area contributed by atoms with Crippen LogP contribution in [0.5, 0.6) is 0 Å². The van der Waals surface area contributed by atoms with Crippen LogP contribution in [0, 0.1) is 5.41 Å². The molecule has 0 amide bonds. The van der Waals surface area contributed by atoms with Gasteiger partial charge < -0.3 is 14.4 Å². The van der Waals surface area contributed by atoms with E-state index in [1.165, 1.54) is 31.9 Å². The number of hydrogen-bond acceptors (Lipinski definition) is 4. The monoisotopic (exact) mass is 238 g/mol. The van der Waals surface area contributed by atoms with Crippen LogP contribution in [0.4, 0.5) is 6.01 Å². The van der Waals surface area contributed by atoms with Gasteiger partial charge in [0.15, 0.2) is 0 Å². The highest BCUT2D eigenvalue weighted by Gasteiger charge is 2.32. The molecule has 0 saturated carbocycles. The van der Waals surface area contributed by atoms with E-state index in [9.17, 15) is 0 Å². The predicted molar refractivity (Wildman–Crippen MR) is 66.9 cm³/mol. The highest BCUT2D eigenvalue weighted by molar-refractivity contribution is 5.28. The smallest absolute Gasteiger partial charge is 0.297 e. The minimum Gasteiger partial charge on any atom is -0.432 e. The molecule has 1 aromatic rings. The zero-order chi connectivity index (χ0) is 12.3. The van der Waals surface area contributed by atoms with Crippen LogP contribution in [0.15, 0.2) is 10.7 Å². The van der Waals surface area contributed by atoms with E-state index in [0.717, 1.165) is 13.1 Å². The number of oxazole rings is 1. The topological polar surface area (TPSA) is 49.5 Å². The lowest BCUT2D eigenvalue weighted by Gasteiger charge is -2.40. The number of rotatable bonds is 4. The molecule has 2 rings (SSSR count). The van der Waals surface area contributed by atoms with Crippen molar-refractivity contribution >= 4 is 6.01 Å². The molecule has 0 unspecified atom stereocenters. The molecule has 1 fully saturated rings. The van der Waals surface area contributed by atoms with Gasteiger partial charge in [-0.15, -0.1) is 0 Å². The molecule has 1 N–H and O–H groups in total. The normalized spacial score (nSPS) is 19.6. The van der Waals surface area contributed by atoms with Crippen LogP contribution in [0.1, 0.15) is 45.2 Å². The zero-order valence-electron chi connectivity index (χ0n) is 10.8. The quantitative estimate of drug-likeness (QED) is 0.876. The number of aliphatic hydroxyl groups is 1. The lowest BCUT2D eigenvalue weighted by Crippen LogP contribution is -2.39. The molecule has 0 bridgehead atoms. The van der Waals surface area contributed by atoms with Crippen LogP contribution < -0.4 is 4.90 Å². The van der Waals surface area contributed by atoms with E-state index in [1.54, 1.807) is 0 Å². The van der Waals surface area contributed by atoms with Gasteiger partial charge in [-0.25, -0.2) is 0 Å². The molecule has 0 aliphatic carbocycles. The van der Waals surface area contributed by atoms with Gasteiger partial charge in [0.2, 0.25) is 0 Å². The molecule has 1 aliphatic rings. The maximum Gasteiger partial charge on any atom is 0.297 e. The van der Waals surface area contributed by atoms with Crippen molar-refractivity contribution < 1.29 is 9.52 Å². The Morgan fingerprint density at radius 3 is 2.47 bits per heavy atom. The number of piperidine rings is 1. The molecule has 4 nitrogen and oxygen atoms in total. The van der Waals surface area contributed by atoms with Gasteiger partial charge in [-0.05, 0) is 18.3 Å². The van der Waals surface area contributed by atoms with Crippen molar-refractivity contribution in [3.8, 4) is 0 Å². The average Bonchev–Trinajstić information content (AvgIpc) is 2.87. The number of hydrogen-bond donors (Lipinski definition) is 1. The second-order valence-corrected chi connectivity index (χ2v) is 4.97. The second kappa shape index (κ2) is 5.08. The minimum atomic E-state index is -0.0504. The molecule has 0 aromatic carbocycles. The summed E-state index contributed by atoms with van der Waals surface area (Å²) in [7, 11) is 0. The third-order valence-corrected chi connectivity index (χ3v) is 4.30. The van der Waals surface area contributed by atoms with Gasteiger partial charge >= 0.3 is 0 Å². The Morgan fingerprint density at radius 2 is 2.00 bits per heavy atom. The second-order valence-electron chi connectivity index (χ2n) is 4.97. The molecule has 17 heavy (non-hydrogen) atoms. The Labute approximate surface area is 103 Å². The summed E-state index contributed by atoms with van der Waals surface area (Å²) in [4.78, 5) is 6.44. The van der Waals surface area contributed by atoms with Crippen LogP contribution >= 0.6 is 0 Å². The number of anilines is 1. The molecule has 0 spiro atoms. The maximum atomic E-state index is 8.97. The van der Waals surface area contributed by atoms with E-state index in [0.29, 0.717) is 17.1 Å². The summed E-state index contributed by atoms with van der Waals surface area (Å²) >= 11 is 0. The first-order chi connectivity index (χ1) is 8.23. The summed E-state index contributed by atoms with van der Waals surface area (Å²) in [6, 6.07) is 0.662. The maximum absolute atomic E-state index is 8.97. The fourth-order valence-electron chi connectivity index (χ4n) is 2.64. The Hall–Kier alpha value is -1.03. The van der Waals surface area contributed by atoms with Crippen molar-refractivity contribution in [2.45, 2.75) is 46.1 Å². The first-order valence-corrected chi connectivity index (χ1v) is 6.53. The van der Waals surface area contributed by atoms with E-state index in [-0.39, 0.29) is 6.61 Å². The Bertz CT molecular complexity index is 348. The van der Waals surface area contributed by atoms with Gasteiger partial charge in [0.1, 0.15) is 12.0 Å². The third-order valence-electron chi connectivity index (χ3n) is 4.30. The average molecular weight is 238 g/mol. The number of aliphatic hydroxyl groups excluding tert-OH is 1. The van der Waals surface area contributed by atoms with Gasteiger partial charge in [0.25, 0.3) is 6.01 Å². The van der Waals surface area contributed by atoms with Crippen molar-refractivity contribution in [3.05, 3.63) is 12.0 Å². The van der Waals surface area contributed by atoms with Crippen molar-refractivity contribution in [2.24, 2.45) is 5.41 Å². The van der Waals surface area contributed by atoms with Crippen molar-refractivity contribution in [3.63, 3.8) is 0 Å². The predicted octanol–water partition coefficient (Wildman–Crippen LogP) is 2.57. The van der Waals surface area contributed by atoms with Crippen molar-refractivity contribution in [1.82, 2.24) is 4.98 Å². The van der Waals surface area contributed by atoms with Gasteiger partial charge in [-0.1, -0.05) is 26.7 Å². The number of nitrogens with zero attached hydrogens (tertiary/aromatic N) is 2. The van der Waals surface area contributed by atoms with Crippen molar-refractivity contribution in [2.75, 3.05) is 18.0 Å². The summed E-state index contributed by atoms with van der Waals surface area (Å²) in [5, 5.41) is 8.97.